The minimum Gasteiger partial charge on any atom is -0.456 e. The molecule has 0 amide bonds. The van der Waals surface area contributed by atoms with Crippen molar-refractivity contribution in [2.75, 3.05) is 0 Å². The summed E-state index contributed by atoms with van der Waals surface area (Å²) in [6.45, 7) is 0. The summed E-state index contributed by atoms with van der Waals surface area (Å²) in [5.41, 5.74) is 6.84. The van der Waals surface area contributed by atoms with Gasteiger partial charge in [-0.1, -0.05) is 133 Å². The van der Waals surface area contributed by atoms with Gasteiger partial charge in [0.2, 0.25) is 0 Å². The molecule has 1 aromatic heterocycles. The van der Waals surface area contributed by atoms with Crippen LogP contribution in [0.25, 0.3) is 98.1 Å². The fourth-order valence-corrected chi connectivity index (χ4v) is 7.68. The van der Waals surface area contributed by atoms with Gasteiger partial charge in [0.15, 0.2) is 0 Å². The van der Waals surface area contributed by atoms with E-state index in [0.717, 1.165) is 21.9 Å². The van der Waals surface area contributed by atoms with E-state index < -0.39 is 0 Å². The summed E-state index contributed by atoms with van der Waals surface area (Å²) in [6, 6.07) is 57.5. The number of para-hydroxylation sites is 1. The quantitative estimate of drug-likeness (QED) is 0.149. The van der Waals surface area contributed by atoms with Gasteiger partial charge >= 0.3 is 0 Å². The van der Waals surface area contributed by atoms with Crippen LogP contribution >= 0.6 is 0 Å². The van der Waals surface area contributed by atoms with Crippen molar-refractivity contribution in [1.29, 1.82) is 0 Å². The topological polar surface area (TPSA) is 13.1 Å². The second kappa shape index (κ2) is 9.29. The maximum atomic E-state index is 6.24. The average molecular weight is 571 g/mol. The molecule has 1 heterocycles. The SMILES string of the molecule is c1ccc2c(c1)cc(-c1c3ccccc3c(-c3ccc4oc5ccccc5c4c3)c3c1ccc1ccccc13)c1ccccc12. The third kappa shape index (κ3) is 3.50. The highest BCUT2D eigenvalue weighted by Crippen LogP contribution is 2.49. The first-order chi connectivity index (χ1) is 22.3. The van der Waals surface area contributed by atoms with Gasteiger partial charge in [0, 0.05) is 10.8 Å². The van der Waals surface area contributed by atoms with E-state index in [9.17, 15) is 0 Å². The van der Waals surface area contributed by atoms with Crippen molar-refractivity contribution >= 4 is 75.8 Å². The second-order valence-corrected chi connectivity index (χ2v) is 12.0. The number of furan rings is 1. The summed E-state index contributed by atoms with van der Waals surface area (Å²) in [4.78, 5) is 0. The molecule has 0 saturated carbocycles. The highest BCUT2D eigenvalue weighted by Gasteiger charge is 2.21. The molecule has 1 heteroatoms. The monoisotopic (exact) mass is 570 g/mol. The summed E-state index contributed by atoms with van der Waals surface area (Å²) in [5.74, 6) is 0. The van der Waals surface area contributed by atoms with Gasteiger partial charge in [-0.3, -0.25) is 0 Å². The maximum absolute atomic E-state index is 6.24. The second-order valence-electron chi connectivity index (χ2n) is 12.0. The summed E-state index contributed by atoms with van der Waals surface area (Å²) >= 11 is 0. The Balaban J connectivity index is 1.42. The van der Waals surface area contributed by atoms with Crippen LogP contribution in [0.2, 0.25) is 0 Å². The molecule has 10 rings (SSSR count). The molecule has 0 bridgehead atoms. The third-order valence-electron chi connectivity index (χ3n) is 9.62. The molecule has 0 unspecified atom stereocenters. The number of hydrogen-bond donors (Lipinski definition) is 0. The minimum atomic E-state index is 0.915. The zero-order valence-corrected chi connectivity index (χ0v) is 24.4. The van der Waals surface area contributed by atoms with Crippen LogP contribution in [0.5, 0.6) is 0 Å². The first kappa shape index (κ1) is 24.5. The van der Waals surface area contributed by atoms with Gasteiger partial charge in [0.05, 0.1) is 0 Å². The molecular weight excluding hydrogens is 544 g/mol. The highest BCUT2D eigenvalue weighted by atomic mass is 16.3. The molecule has 0 aliphatic heterocycles. The smallest absolute Gasteiger partial charge is 0.135 e. The predicted molar refractivity (Wildman–Crippen MR) is 192 cm³/mol. The van der Waals surface area contributed by atoms with Gasteiger partial charge in [-0.05, 0) is 100 Å². The molecule has 1 nitrogen and oxygen atoms in total. The van der Waals surface area contributed by atoms with E-state index in [2.05, 4.69) is 152 Å². The molecule has 0 aliphatic rings. The molecule has 0 spiro atoms. The largest absolute Gasteiger partial charge is 0.456 e. The molecule has 0 aliphatic carbocycles. The predicted octanol–water partition coefficient (Wildman–Crippen LogP) is 12.7. The van der Waals surface area contributed by atoms with Crippen molar-refractivity contribution in [1.82, 2.24) is 0 Å². The molecule has 9 aromatic carbocycles. The molecule has 10 aromatic rings. The number of rotatable bonds is 2. The van der Waals surface area contributed by atoms with E-state index in [1.165, 1.54) is 76.1 Å². The lowest BCUT2D eigenvalue weighted by molar-refractivity contribution is 0.669. The van der Waals surface area contributed by atoms with E-state index >= 15 is 0 Å². The molecule has 0 atom stereocenters. The van der Waals surface area contributed by atoms with Crippen molar-refractivity contribution < 1.29 is 4.42 Å². The van der Waals surface area contributed by atoms with E-state index in [1.807, 2.05) is 6.07 Å². The summed E-state index contributed by atoms with van der Waals surface area (Å²) in [7, 11) is 0. The summed E-state index contributed by atoms with van der Waals surface area (Å²) < 4.78 is 6.24. The lowest BCUT2D eigenvalue weighted by Gasteiger charge is -2.21. The summed E-state index contributed by atoms with van der Waals surface area (Å²) in [6.07, 6.45) is 0. The molecule has 0 fully saturated rings. The van der Waals surface area contributed by atoms with Gasteiger partial charge in [-0.2, -0.15) is 0 Å². The molecule has 0 N–H and O–H groups in total. The third-order valence-corrected chi connectivity index (χ3v) is 9.62. The van der Waals surface area contributed by atoms with Crippen molar-refractivity contribution in [3.63, 3.8) is 0 Å². The first-order valence-electron chi connectivity index (χ1n) is 15.5. The fraction of sp³-hybridized carbons (Fsp3) is 0. The molecular formula is C44H26O. The number of fused-ring (bicyclic) bond motifs is 10. The number of hydrogen-bond acceptors (Lipinski definition) is 1. The van der Waals surface area contributed by atoms with Crippen LogP contribution in [-0.4, -0.2) is 0 Å². The Hall–Kier alpha value is -5.92. The van der Waals surface area contributed by atoms with Crippen LogP contribution < -0.4 is 0 Å². The Morgan fingerprint density at radius 3 is 1.73 bits per heavy atom. The first-order valence-corrected chi connectivity index (χ1v) is 15.5. The van der Waals surface area contributed by atoms with Gasteiger partial charge in [-0.25, -0.2) is 0 Å². The van der Waals surface area contributed by atoms with Crippen LogP contribution in [-0.2, 0) is 0 Å². The maximum Gasteiger partial charge on any atom is 0.135 e. The summed E-state index contributed by atoms with van der Waals surface area (Å²) in [5, 5.41) is 14.9. The Bertz CT molecular complexity index is 2820. The van der Waals surface area contributed by atoms with Crippen LogP contribution in [0.15, 0.2) is 162 Å². The van der Waals surface area contributed by atoms with Gasteiger partial charge < -0.3 is 4.42 Å². The lowest BCUT2D eigenvalue weighted by Crippen LogP contribution is -1.93. The van der Waals surface area contributed by atoms with E-state index in [4.69, 9.17) is 4.42 Å². The standard InChI is InChI=1S/C44H26O/c1-4-14-31-27(11-1)21-23-37-43(39-25-28-12-2-3-13-30(28)32-15-5-6-16-33(32)39)36-19-8-7-18-35(36)42(44(31)37)29-22-24-41-38(26-29)34-17-9-10-20-40(34)45-41/h1-26H. The van der Waals surface area contributed by atoms with Crippen LogP contribution in [0, 0.1) is 0 Å². The van der Waals surface area contributed by atoms with Crippen molar-refractivity contribution in [3.05, 3.63) is 158 Å². The van der Waals surface area contributed by atoms with Crippen LogP contribution in [0.4, 0.5) is 0 Å². The lowest BCUT2D eigenvalue weighted by atomic mass is 9.82. The Labute approximate surface area is 259 Å². The van der Waals surface area contributed by atoms with Crippen molar-refractivity contribution in [2.45, 2.75) is 0 Å². The van der Waals surface area contributed by atoms with E-state index in [1.54, 1.807) is 0 Å². The Morgan fingerprint density at radius 1 is 0.311 bits per heavy atom. The minimum absolute atomic E-state index is 0.915. The normalized spacial score (nSPS) is 12.0. The van der Waals surface area contributed by atoms with Crippen molar-refractivity contribution in [2.24, 2.45) is 0 Å². The van der Waals surface area contributed by atoms with E-state index in [-0.39, 0.29) is 0 Å². The van der Waals surface area contributed by atoms with Gasteiger partial charge in [-0.15, -0.1) is 0 Å². The molecule has 0 saturated heterocycles. The number of benzene rings is 9. The zero-order chi connectivity index (χ0) is 29.5. The van der Waals surface area contributed by atoms with Gasteiger partial charge in [0.1, 0.15) is 11.2 Å². The van der Waals surface area contributed by atoms with Crippen LogP contribution in [0.3, 0.4) is 0 Å². The van der Waals surface area contributed by atoms with Crippen molar-refractivity contribution in [3.8, 4) is 22.3 Å². The molecule has 0 radical (unpaired) electrons. The zero-order valence-electron chi connectivity index (χ0n) is 24.4. The average Bonchev–Trinajstić information content (AvgIpc) is 3.48. The highest BCUT2D eigenvalue weighted by molar-refractivity contribution is 6.30. The van der Waals surface area contributed by atoms with Gasteiger partial charge in [0.25, 0.3) is 0 Å². The molecule has 208 valence electrons. The van der Waals surface area contributed by atoms with E-state index in [0.29, 0.717) is 0 Å². The van der Waals surface area contributed by atoms with Crippen LogP contribution in [0.1, 0.15) is 0 Å². The Morgan fingerprint density at radius 2 is 0.911 bits per heavy atom. The Kier molecular flexibility index (Phi) is 5.06. The molecule has 45 heavy (non-hydrogen) atoms. The fourth-order valence-electron chi connectivity index (χ4n) is 7.68.